The monoisotopic (exact) mass is 304 g/mol. The van der Waals surface area contributed by atoms with E-state index in [0.717, 1.165) is 15.8 Å². The summed E-state index contributed by atoms with van der Waals surface area (Å²) in [6.07, 6.45) is 4.22. The van der Waals surface area contributed by atoms with Crippen molar-refractivity contribution in [2.45, 2.75) is 12.8 Å². The molecule has 0 spiro atoms. The molecule has 0 amide bonds. The van der Waals surface area contributed by atoms with E-state index in [1.54, 1.807) is 6.20 Å². The molecule has 0 saturated carbocycles. The van der Waals surface area contributed by atoms with Gasteiger partial charge in [0.15, 0.2) is 0 Å². The molecule has 0 aromatic carbocycles. The third kappa shape index (κ3) is 2.74. The van der Waals surface area contributed by atoms with E-state index in [1.807, 2.05) is 22.7 Å². The van der Waals surface area contributed by atoms with Crippen LogP contribution in [0.25, 0.3) is 5.65 Å². The first-order valence-electron chi connectivity index (χ1n) is 4.50. The van der Waals surface area contributed by atoms with E-state index in [9.17, 15) is 4.79 Å². The number of aromatic nitrogens is 2. The molecule has 86 valence electrons. The van der Waals surface area contributed by atoms with Gasteiger partial charge in [0.2, 0.25) is 0 Å². The molecule has 16 heavy (non-hydrogen) atoms. The standard InChI is InChI=1S/C10H9BrN2O2.ClH/c11-7-1-3-9-12-5-8(13(9)6-7)2-4-10(14)15;/h1,3,5-6H,2,4H2,(H,14,15);1H. The maximum absolute atomic E-state index is 10.5. The predicted octanol–water partition coefficient (Wildman–Crippen LogP) is 2.54. The number of carbonyl (C=O) groups is 1. The first-order valence-corrected chi connectivity index (χ1v) is 5.29. The third-order valence-corrected chi connectivity index (χ3v) is 2.61. The fourth-order valence-corrected chi connectivity index (χ4v) is 1.76. The Balaban J connectivity index is 0.00000128. The number of rotatable bonds is 3. The van der Waals surface area contributed by atoms with Gasteiger partial charge in [0.05, 0.1) is 6.42 Å². The Morgan fingerprint density at radius 1 is 1.50 bits per heavy atom. The van der Waals surface area contributed by atoms with Gasteiger partial charge in [0, 0.05) is 29.0 Å². The average molecular weight is 306 g/mol. The number of fused-ring (bicyclic) bond motifs is 1. The molecule has 0 unspecified atom stereocenters. The summed E-state index contributed by atoms with van der Waals surface area (Å²) >= 11 is 3.37. The van der Waals surface area contributed by atoms with Gasteiger partial charge in [-0.3, -0.25) is 4.79 Å². The second-order valence-corrected chi connectivity index (χ2v) is 4.13. The number of hydrogen-bond acceptors (Lipinski definition) is 2. The smallest absolute Gasteiger partial charge is 0.303 e. The molecule has 1 N–H and O–H groups in total. The van der Waals surface area contributed by atoms with Crippen molar-refractivity contribution in [2.75, 3.05) is 0 Å². The summed E-state index contributed by atoms with van der Waals surface area (Å²) in [5, 5.41) is 8.60. The zero-order valence-electron chi connectivity index (χ0n) is 8.26. The Hall–Kier alpha value is -1.07. The summed E-state index contributed by atoms with van der Waals surface area (Å²) in [5.74, 6) is -0.792. The highest BCUT2D eigenvalue weighted by atomic mass is 79.9. The number of nitrogens with zero attached hydrogens (tertiary/aromatic N) is 2. The van der Waals surface area contributed by atoms with Gasteiger partial charge in [-0.2, -0.15) is 0 Å². The Bertz CT molecular complexity index is 512. The van der Waals surface area contributed by atoms with E-state index in [0.29, 0.717) is 6.42 Å². The van der Waals surface area contributed by atoms with Crippen LogP contribution in [0.1, 0.15) is 12.1 Å². The van der Waals surface area contributed by atoms with Crippen molar-refractivity contribution >= 4 is 40.0 Å². The van der Waals surface area contributed by atoms with Crippen molar-refractivity contribution < 1.29 is 9.90 Å². The lowest BCUT2D eigenvalue weighted by atomic mass is 10.2. The molecule has 6 heteroatoms. The lowest BCUT2D eigenvalue weighted by Crippen LogP contribution is -2.00. The second-order valence-electron chi connectivity index (χ2n) is 3.22. The summed E-state index contributed by atoms with van der Waals surface area (Å²) in [7, 11) is 0. The SMILES string of the molecule is Cl.O=C(O)CCc1cnc2ccc(Br)cn12. The highest BCUT2D eigenvalue weighted by molar-refractivity contribution is 9.10. The normalized spacial score (nSPS) is 10.1. The zero-order valence-corrected chi connectivity index (χ0v) is 10.7. The minimum absolute atomic E-state index is 0. The van der Waals surface area contributed by atoms with Crippen LogP contribution >= 0.6 is 28.3 Å². The number of carboxylic acid groups (broad SMARTS) is 1. The number of pyridine rings is 1. The summed E-state index contributed by atoms with van der Waals surface area (Å²) < 4.78 is 2.84. The number of hydrogen-bond donors (Lipinski definition) is 1. The summed E-state index contributed by atoms with van der Waals surface area (Å²) in [5.41, 5.74) is 1.74. The third-order valence-electron chi connectivity index (χ3n) is 2.14. The van der Waals surface area contributed by atoms with E-state index in [-0.39, 0.29) is 18.8 Å². The molecule has 0 radical (unpaired) electrons. The number of aliphatic carboxylic acids is 1. The van der Waals surface area contributed by atoms with Crippen molar-refractivity contribution in [1.82, 2.24) is 9.38 Å². The van der Waals surface area contributed by atoms with Crippen LogP contribution in [-0.2, 0) is 11.2 Å². The van der Waals surface area contributed by atoms with Crippen LogP contribution in [0.3, 0.4) is 0 Å². The van der Waals surface area contributed by atoms with Crippen molar-refractivity contribution in [3.05, 3.63) is 34.7 Å². The van der Waals surface area contributed by atoms with Gasteiger partial charge in [0.1, 0.15) is 5.65 Å². The van der Waals surface area contributed by atoms with Crippen molar-refractivity contribution in [2.24, 2.45) is 0 Å². The molecule has 0 fully saturated rings. The topological polar surface area (TPSA) is 54.6 Å². The molecule has 0 bridgehead atoms. The lowest BCUT2D eigenvalue weighted by molar-refractivity contribution is -0.136. The maximum Gasteiger partial charge on any atom is 0.303 e. The number of carboxylic acids is 1. The molecule has 0 saturated heterocycles. The van der Waals surface area contributed by atoms with Crippen LogP contribution in [0.15, 0.2) is 29.0 Å². The molecule has 0 atom stereocenters. The fourth-order valence-electron chi connectivity index (χ4n) is 1.43. The minimum atomic E-state index is -0.792. The maximum atomic E-state index is 10.5. The highest BCUT2D eigenvalue weighted by Gasteiger charge is 2.05. The average Bonchev–Trinajstić information content (AvgIpc) is 2.57. The van der Waals surface area contributed by atoms with Crippen molar-refractivity contribution in [3.8, 4) is 0 Å². The van der Waals surface area contributed by atoms with E-state index >= 15 is 0 Å². The quantitative estimate of drug-likeness (QED) is 0.948. The predicted molar refractivity (Wildman–Crippen MR) is 66.1 cm³/mol. The van der Waals surface area contributed by atoms with Gasteiger partial charge >= 0.3 is 5.97 Å². The summed E-state index contributed by atoms with van der Waals surface area (Å²) in [6.45, 7) is 0. The molecule has 4 nitrogen and oxygen atoms in total. The van der Waals surface area contributed by atoms with Gasteiger partial charge < -0.3 is 9.51 Å². The van der Waals surface area contributed by atoms with Gasteiger partial charge in [-0.1, -0.05) is 0 Å². The molecular formula is C10H10BrClN2O2. The molecule has 2 aromatic rings. The Morgan fingerprint density at radius 2 is 2.25 bits per heavy atom. The van der Waals surface area contributed by atoms with E-state index in [1.165, 1.54) is 0 Å². The van der Waals surface area contributed by atoms with Gasteiger partial charge in [-0.15, -0.1) is 12.4 Å². The van der Waals surface area contributed by atoms with Gasteiger partial charge in [-0.25, -0.2) is 4.98 Å². The number of aryl methyl sites for hydroxylation is 1. The zero-order chi connectivity index (χ0) is 10.8. The van der Waals surface area contributed by atoms with Crippen LogP contribution in [0.4, 0.5) is 0 Å². The summed E-state index contributed by atoms with van der Waals surface area (Å²) in [6, 6.07) is 3.79. The number of halogens is 2. The van der Waals surface area contributed by atoms with Crippen LogP contribution < -0.4 is 0 Å². The largest absolute Gasteiger partial charge is 0.481 e. The van der Waals surface area contributed by atoms with Crippen molar-refractivity contribution in [3.63, 3.8) is 0 Å². The molecule has 0 aliphatic carbocycles. The Kier molecular flexibility index (Phi) is 4.32. The first-order chi connectivity index (χ1) is 7.16. The van der Waals surface area contributed by atoms with Gasteiger partial charge in [0.25, 0.3) is 0 Å². The van der Waals surface area contributed by atoms with E-state index in [2.05, 4.69) is 20.9 Å². The molecule has 2 heterocycles. The molecule has 0 aliphatic rings. The highest BCUT2D eigenvalue weighted by Crippen LogP contribution is 2.14. The Labute approximate surface area is 107 Å². The first kappa shape index (κ1) is 13.0. The van der Waals surface area contributed by atoms with Crippen LogP contribution in [-0.4, -0.2) is 20.5 Å². The van der Waals surface area contributed by atoms with E-state index in [4.69, 9.17) is 5.11 Å². The molecule has 2 rings (SSSR count). The molecule has 2 aromatic heterocycles. The van der Waals surface area contributed by atoms with Crippen LogP contribution in [0, 0.1) is 0 Å². The second kappa shape index (κ2) is 5.32. The molecule has 0 aliphatic heterocycles. The summed E-state index contributed by atoms with van der Waals surface area (Å²) in [4.78, 5) is 14.6. The fraction of sp³-hybridized carbons (Fsp3) is 0.200. The number of imidazole rings is 1. The Morgan fingerprint density at radius 3 is 2.94 bits per heavy atom. The minimum Gasteiger partial charge on any atom is -0.481 e. The van der Waals surface area contributed by atoms with Crippen LogP contribution in [0.2, 0.25) is 0 Å². The molecular weight excluding hydrogens is 295 g/mol. The lowest BCUT2D eigenvalue weighted by Gasteiger charge is -2.00. The van der Waals surface area contributed by atoms with Gasteiger partial charge in [-0.05, 0) is 28.1 Å². The van der Waals surface area contributed by atoms with Crippen LogP contribution in [0.5, 0.6) is 0 Å². The van der Waals surface area contributed by atoms with Crippen molar-refractivity contribution in [1.29, 1.82) is 0 Å². The van der Waals surface area contributed by atoms with E-state index < -0.39 is 5.97 Å².